The average molecular weight is 473 g/mol. The number of halogens is 3. The molecule has 0 saturated heterocycles. The van der Waals surface area contributed by atoms with Crippen molar-refractivity contribution in [3.05, 3.63) is 77.0 Å². The lowest BCUT2D eigenvalue weighted by Gasteiger charge is -2.25. The van der Waals surface area contributed by atoms with E-state index in [1.807, 2.05) is 30.3 Å². The molecule has 0 spiro atoms. The lowest BCUT2D eigenvalue weighted by Crippen LogP contribution is -2.39. The molecule has 0 aliphatic heterocycles. The van der Waals surface area contributed by atoms with Gasteiger partial charge in [-0.3, -0.25) is 4.79 Å². The largest absolute Gasteiger partial charge is 0.416 e. The molecule has 3 N–H and O–H groups in total. The molecule has 9 heteroatoms. The number of amides is 1. The molecule has 0 bridgehead atoms. The molecule has 0 unspecified atom stereocenters. The molecule has 2 aromatic carbocycles. The summed E-state index contributed by atoms with van der Waals surface area (Å²) in [4.78, 5) is 13.0. The predicted molar refractivity (Wildman–Crippen MR) is 120 cm³/mol. The van der Waals surface area contributed by atoms with E-state index in [1.165, 1.54) is 12.1 Å². The Balaban J connectivity index is 1.56. The van der Waals surface area contributed by atoms with E-state index in [1.54, 1.807) is 0 Å². The zero-order chi connectivity index (χ0) is 24.1. The summed E-state index contributed by atoms with van der Waals surface area (Å²) in [6.07, 6.45) is -2.23. The monoisotopic (exact) mass is 473 g/mol. The van der Waals surface area contributed by atoms with Gasteiger partial charge in [-0.05, 0) is 43.4 Å². The van der Waals surface area contributed by atoms with Crippen molar-refractivity contribution < 1.29 is 27.6 Å². The van der Waals surface area contributed by atoms with Crippen LogP contribution in [0, 0.1) is 0 Å². The highest BCUT2D eigenvalue weighted by Gasteiger charge is 2.31. The minimum atomic E-state index is -4.45. The van der Waals surface area contributed by atoms with Crippen molar-refractivity contribution in [2.45, 2.75) is 57.1 Å². The van der Waals surface area contributed by atoms with E-state index in [0.717, 1.165) is 17.7 Å². The van der Waals surface area contributed by atoms with Gasteiger partial charge in [-0.25, -0.2) is 0 Å². The Morgan fingerprint density at radius 1 is 1.00 bits per heavy atom. The lowest BCUT2D eigenvalue weighted by molar-refractivity contribution is -0.137. The van der Waals surface area contributed by atoms with Gasteiger partial charge in [-0.1, -0.05) is 47.6 Å². The highest BCUT2D eigenvalue weighted by Crippen LogP contribution is 2.33. The topological polar surface area (TPSA) is 87.4 Å². The molecule has 0 atom stereocenters. The summed E-state index contributed by atoms with van der Waals surface area (Å²) < 4.78 is 44.4. The summed E-state index contributed by atoms with van der Waals surface area (Å²) in [5.41, 5.74) is 1.25. The molecule has 1 aliphatic rings. The third-order valence-corrected chi connectivity index (χ3v) is 5.98. The van der Waals surface area contributed by atoms with E-state index in [0.29, 0.717) is 43.4 Å². The Kier molecular flexibility index (Phi) is 7.33. The smallest absolute Gasteiger partial charge is 0.393 e. The number of aliphatic hydroxyl groups excluding tert-OH is 1. The minimum Gasteiger partial charge on any atom is -0.393 e. The van der Waals surface area contributed by atoms with Crippen LogP contribution in [0.15, 0.2) is 59.1 Å². The summed E-state index contributed by atoms with van der Waals surface area (Å²) in [7, 11) is 0. The summed E-state index contributed by atoms with van der Waals surface area (Å²) in [6.45, 7) is 0.765. The molecular formula is C25H26F3N3O3. The number of hydrogen-bond donors (Lipinski definition) is 3. The molecule has 1 amide bonds. The molecule has 3 aromatic rings. The maximum Gasteiger partial charge on any atom is 0.416 e. The van der Waals surface area contributed by atoms with Crippen molar-refractivity contribution in [2.24, 2.45) is 0 Å². The SMILES string of the molecule is O=C(NC1CCC(O)CC1)c1noc(-c2ccc(C(F)(F)F)cc2)c1CNCc1ccccc1. The van der Waals surface area contributed by atoms with E-state index >= 15 is 0 Å². The summed E-state index contributed by atoms with van der Waals surface area (Å²) >= 11 is 0. The molecule has 1 aliphatic carbocycles. The van der Waals surface area contributed by atoms with Crippen LogP contribution in [0.25, 0.3) is 11.3 Å². The number of aromatic nitrogens is 1. The molecular weight excluding hydrogens is 447 g/mol. The maximum absolute atomic E-state index is 13.0. The first-order valence-electron chi connectivity index (χ1n) is 11.2. The Bertz CT molecular complexity index is 1090. The lowest BCUT2D eigenvalue weighted by atomic mass is 9.93. The van der Waals surface area contributed by atoms with Crippen LogP contribution in [0.4, 0.5) is 13.2 Å². The Hall–Kier alpha value is -3.17. The predicted octanol–water partition coefficient (Wildman–Crippen LogP) is 4.68. The fraction of sp³-hybridized carbons (Fsp3) is 0.360. The first-order chi connectivity index (χ1) is 16.3. The van der Waals surface area contributed by atoms with Crippen LogP contribution < -0.4 is 10.6 Å². The second-order valence-electron chi connectivity index (χ2n) is 8.48. The van der Waals surface area contributed by atoms with Gasteiger partial charge in [0.1, 0.15) is 0 Å². The fourth-order valence-corrected chi connectivity index (χ4v) is 4.09. The highest BCUT2D eigenvalue weighted by atomic mass is 19.4. The van der Waals surface area contributed by atoms with Gasteiger partial charge >= 0.3 is 6.18 Å². The van der Waals surface area contributed by atoms with Crippen LogP contribution >= 0.6 is 0 Å². The number of rotatable bonds is 7. The van der Waals surface area contributed by atoms with Crippen LogP contribution in [0.3, 0.4) is 0 Å². The van der Waals surface area contributed by atoms with Gasteiger partial charge in [0.25, 0.3) is 5.91 Å². The fourth-order valence-electron chi connectivity index (χ4n) is 4.09. The van der Waals surface area contributed by atoms with Gasteiger partial charge in [-0.15, -0.1) is 0 Å². The first-order valence-corrected chi connectivity index (χ1v) is 11.2. The number of aliphatic hydroxyl groups is 1. The third-order valence-electron chi connectivity index (χ3n) is 5.98. The quantitative estimate of drug-likeness (QED) is 0.464. The molecule has 1 aromatic heterocycles. The van der Waals surface area contributed by atoms with Crippen molar-refractivity contribution in [1.29, 1.82) is 0 Å². The van der Waals surface area contributed by atoms with E-state index in [-0.39, 0.29) is 30.1 Å². The number of carbonyl (C=O) groups is 1. The molecule has 0 radical (unpaired) electrons. The van der Waals surface area contributed by atoms with Crippen molar-refractivity contribution in [1.82, 2.24) is 15.8 Å². The zero-order valence-electron chi connectivity index (χ0n) is 18.4. The van der Waals surface area contributed by atoms with Crippen LogP contribution in [0.5, 0.6) is 0 Å². The molecule has 6 nitrogen and oxygen atoms in total. The summed E-state index contributed by atoms with van der Waals surface area (Å²) in [5.74, 6) is -0.154. The van der Waals surface area contributed by atoms with Gasteiger partial charge in [0.05, 0.1) is 11.7 Å². The molecule has 34 heavy (non-hydrogen) atoms. The zero-order valence-corrected chi connectivity index (χ0v) is 18.4. The van der Waals surface area contributed by atoms with Crippen molar-refractivity contribution in [2.75, 3.05) is 0 Å². The highest BCUT2D eigenvalue weighted by molar-refractivity contribution is 5.95. The third kappa shape index (κ3) is 5.84. The number of nitrogens with one attached hydrogen (secondary N) is 2. The number of hydrogen-bond acceptors (Lipinski definition) is 5. The molecule has 1 heterocycles. The normalized spacial score (nSPS) is 18.6. The van der Waals surface area contributed by atoms with E-state index < -0.39 is 17.6 Å². The van der Waals surface area contributed by atoms with Crippen LogP contribution in [-0.2, 0) is 19.3 Å². The van der Waals surface area contributed by atoms with E-state index in [2.05, 4.69) is 15.8 Å². The molecule has 1 fully saturated rings. The standard InChI is InChI=1S/C25H26F3N3O3/c26-25(27,28)18-8-6-17(7-9-18)23-21(15-29-14-16-4-2-1-3-5-16)22(31-34-23)24(33)30-19-10-12-20(32)13-11-19/h1-9,19-20,29,32H,10-15H2,(H,30,33). The number of nitrogens with zero attached hydrogens (tertiary/aromatic N) is 1. The number of alkyl halides is 3. The van der Waals surface area contributed by atoms with Crippen molar-refractivity contribution >= 4 is 5.91 Å². The van der Waals surface area contributed by atoms with Gasteiger partial charge in [0, 0.05) is 30.3 Å². The van der Waals surface area contributed by atoms with Crippen LogP contribution in [0.1, 0.15) is 52.9 Å². The molecule has 180 valence electrons. The van der Waals surface area contributed by atoms with Crippen LogP contribution in [-0.4, -0.2) is 28.3 Å². The Morgan fingerprint density at radius 2 is 1.68 bits per heavy atom. The summed E-state index contributed by atoms with van der Waals surface area (Å²) in [6, 6.07) is 14.2. The first kappa shape index (κ1) is 24.0. The second kappa shape index (κ2) is 10.4. The van der Waals surface area contributed by atoms with Gasteiger partial charge in [0.2, 0.25) is 0 Å². The van der Waals surface area contributed by atoms with E-state index in [9.17, 15) is 23.1 Å². The van der Waals surface area contributed by atoms with Gasteiger partial charge in [-0.2, -0.15) is 13.2 Å². The number of carbonyl (C=O) groups excluding carboxylic acids is 1. The second-order valence-corrected chi connectivity index (χ2v) is 8.48. The average Bonchev–Trinajstić information content (AvgIpc) is 3.25. The van der Waals surface area contributed by atoms with Gasteiger partial charge < -0.3 is 20.3 Å². The Morgan fingerprint density at radius 3 is 2.32 bits per heavy atom. The minimum absolute atomic E-state index is 0.0766. The molecule has 1 saturated carbocycles. The maximum atomic E-state index is 13.0. The molecule has 4 rings (SSSR count). The van der Waals surface area contributed by atoms with Crippen molar-refractivity contribution in [3.8, 4) is 11.3 Å². The van der Waals surface area contributed by atoms with Crippen molar-refractivity contribution in [3.63, 3.8) is 0 Å². The van der Waals surface area contributed by atoms with Gasteiger partial charge in [0.15, 0.2) is 11.5 Å². The summed E-state index contributed by atoms with van der Waals surface area (Å²) in [5, 5.41) is 19.9. The Labute approximate surface area is 195 Å². The van der Waals surface area contributed by atoms with E-state index in [4.69, 9.17) is 4.52 Å². The van der Waals surface area contributed by atoms with Crippen LogP contribution in [0.2, 0.25) is 0 Å². The number of benzene rings is 2.